The Kier molecular flexibility index (Phi) is 10.9. The molecule has 0 spiro atoms. The predicted octanol–water partition coefficient (Wildman–Crippen LogP) is 4.18. The van der Waals surface area contributed by atoms with Crippen LogP contribution in [0.2, 0.25) is 0 Å². The van der Waals surface area contributed by atoms with E-state index in [1.54, 1.807) is 4.90 Å². The average molecular weight is 770 g/mol. The Bertz CT molecular complexity index is 1760. The van der Waals surface area contributed by atoms with Crippen LogP contribution in [0.5, 0.6) is 0 Å². The van der Waals surface area contributed by atoms with Gasteiger partial charge in [0.05, 0.1) is 18.4 Å². The van der Waals surface area contributed by atoms with Gasteiger partial charge in [0.15, 0.2) is 0 Å². The van der Waals surface area contributed by atoms with E-state index >= 15 is 0 Å². The van der Waals surface area contributed by atoms with Crippen LogP contribution in [0.1, 0.15) is 120 Å². The summed E-state index contributed by atoms with van der Waals surface area (Å²) in [4.78, 5) is 72.5. The molecule has 0 aromatic heterocycles. The number of nitrogens with zero attached hydrogens (tertiary/aromatic N) is 2. The molecule has 7 rings (SSSR count). The molecule has 14 nitrogen and oxygen atoms in total. The van der Waals surface area contributed by atoms with Crippen molar-refractivity contribution in [2.45, 2.75) is 152 Å². The minimum absolute atomic E-state index is 0.0244. The number of hydrogen-bond acceptors (Lipinski definition) is 9. The number of sulfonamides is 1. The Labute approximate surface area is 317 Å². The molecule has 3 N–H and O–H groups in total. The fourth-order valence-corrected chi connectivity index (χ4v) is 10.1. The van der Waals surface area contributed by atoms with Crippen LogP contribution in [0, 0.1) is 11.3 Å². The summed E-state index contributed by atoms with van der Waals surface area (Å²) in [6, 6.07) is 4.00. The number of hydrogen-bond donors (Lipinski definition) is 3. The van der Waals surface area contributed by atoms with Gasteiger partial charge in [-0.1, -0.05) is 70.6 Å². The Morgan fingerprint density at radius 1 is 0.926 bits per heavy atom. The van der Waals surface area contributed by atoms with E-state index in [4.69, 9.17) is 9.47 Å². The first-order valence-electron chi connectivity index (χ1n) is 19.9. The van der Waals surface area contributed by atoms with Gasteiger partial charge in [-0.2, -0.15) is 0 Å². The predicted molar refractivity (Wildman–Crippen MR) is 197 cm³/mol. The Morgan fingerprint density at radius 2 is 1.67 bits per heavy atom. The van der Waals surface area contributed by atoms with Crippen LogP contribution in [0.25, 0.3) is 0 Å². The number of ether oxygens (including phenoxy) is 2. The third-order valence-electron chi connectivity index (χ3n) is 12.3. The van der Waals surface area contributed by atoms with E-state index in [2.05, 4.69) is 35.3 Å². The molecule has 15 heteroatoms. The molecule has 54 heavy (non-hydrogen) atoms. The SMILES string of the molecule is CC1(C)CCCCc2cccc3c2CN(C3)C(=O)O[C@@H]2C[C@H]3C(=O)N[C@]4(C(=O)NS(=O)(=O)C5CC5)C[C@H]4CCCCCCC[C@H](NC(=O)OC1)C(=O)N3C2. The summed E-state index contributed by atoms with van der Waals surface area (Å²) in [5.74, 6) is -2.14. The summed E-state index contributed by atoms with van der Waals surface area (Å²) < 4.78 is 39.6. The molecule has 2 aliphatic carbocycles. The van der Waals surface area contributed by atoms with Gasteiger partial charge in [-0.05, 0) is 79.4 Å². The lowest BCUT2D eigenvalue weighted by atomic mass is 9.87. The first-order valence-corrected chi connectivity index (χ1v) is 21.5. The molecule has 1 aromatic rings. The van der Waals surface area contributed by atoms with E-state index in [-0.39, 0.29) is 37.3 Å². The van der Waals surface area contributed by atoms with E-state index in [0.717, 1.165) is 62.5 Å². The normalized spacial score (nSPS) is 31.1. The first kappa shape index (κ1) is 38.4. The van der Waals surface area contributed by atoms with E-state index < -0.39 is 68.9 Å². The Morgan fingerprint density at radius 3 is 2.44 bits per heavy atom. The van der Waals surface area contributed by atoms with Crippen LogP contribution in [-0.4, -0.2) is 90.3 Å². The standard InChI is InChI=1S/C39H55N5O9S/c1-38(2)18-9-8-11-25-12-10-13-26-21-43(23-30(25)26)37(49)53-28-19-32-33(45)41-39(35(47)42-54(50,51)29-16-17-29)20-27(39)14-6-4-3-5-7-15-31(34(46)44(32)22-28)40-36(48)52-24-38/h10,12-13,27-29,31-32H,3-9,11,14-24H2,1-2H3,(H,40,48)(H,41,45)(H,42,47)/t27-,28-,31+,32+,39-/m1/s1. The summed E-state index contributed by atoms with van der Waals surface area (Å²) in [6.07, 6.45) is 7.64. The van der Waals surface area contributed by atoms with Gasteiger partial charge in [0.2, 0.25) is 21.8 Å². The van der Waals surface area contributed by atoms with Crippen LogP contribution in [-0.2, 0) is 53.4 Å². The van der Waals surface area contributed by atoms with Crippen LogP contribution in [0.15, 0.2) is 18.2 Å². The highest BCUT2D eigenvalue weighted by molar-refractivity contribution is 7.91. The Hall–Kier alpha value is -3.88. The summed E-state index contributed by atoms with van der Waals surface area (Å²) in [7, 11) is -3.87. The molecule has 2 saturated carbocycles. The quantitative estimate of drug-likeness (QED) is 0.407. The molecular formula is C39H55N5O9S. The van der Waals surface area contributed by atoms with E-state index in [9.17, 15) is 32.4 Å². The summed E-state index contributed by atoms with van der Waals surface area (Å²) >= 11 is 0. The van der Waals surface area contributed by atoms with Crippen LogP contribution < -0.4 is 15.4 Å². The largest absolute Gasteiger partial charge is 0.449 e. The van der Waals surface area contributed by atoms with Crippen molar-refractivity contribution in [3.05, 3.63) is 34.9 Å². The molecule has 296 valence electrons. The van der Waals surface area contributed by atoms with Gasteiger partial charge in [-0.3, -0.25) is 24.0 Å². The third-order valence-corrected chi connectivity index (χ3v) is 14.1. The molecule has 1 aromatic carbocycles. The van der Waals surface area contributed by atoms with Gasteiger partial charge >= 0.3 is 12.2 Å². The molecule has 2 saturated heterocycles. The second kappa shape index (κ2) is 15.3. The number of benzene rings is 1. The topological polar surface area (TPSA) is 181 Å². The van der Waals surface area contributed by atoms with Crippen molar-refractivity contribution in [2.24, 2.45) is 11.3 Å². The lowest BCUT2D eigenvalue weighted by Crippen LogP contribution is -2.58. The maximum Gasteiger partial charge on any atom is 0.410 e. The lowest BCUT2D eigenvalue weighted by Gasteiger charge is -2.30. The molecule has 4 fully saturated rings. The van der Waals surface area contributed by atoms with Gasteiger partial charge in [0, 0.05) is 19.5 Å². The molecular weight excluding hydrogens is 715 g/mol. The molecule has 6 aliphatic rings. The van der Waals surface area contributed by atoms with Crippen molar-refractivity contribution < 1.29 is 41.9 Å². The van der Waals surface area contributed by atoms with Gasteiger partial charge < -0.3 is 25.0 Å². The monoisotopic (exact) mass is 769 g/mol. The van der Waals surface area contributed by atoms with Crippen molar-refractivity contribution in [1.29, 1.82) is 0 Å². The van der Waals surface area contributed by atoms with Crippen LogP contribution in [0.3, 0.4) is 0 Å². The Balaban J connectivity index is 1.17. The highest BCUT2D eigenvalue weighted by Gasteiger charge is 2.62. The molecule has 5 bridgehead atoms. The van der Waals surface area contributed by atoms with Crippen LogP contribution in [0.4, 0.5) is 9.59 Å². The molecule has 4 aliphatic heterocycles. The van der Waals surface area contributed by atoms with E-state index in [0.29, 0.717) is 45.2 Å². The summed E-state index contributed by atoms with van der Waals surface area (Å²) in [5.41, 5.74) is 1.64. The fraction of sp³-hybridized carbons (Fsp3) is 0.718. The average Bonchev–Trinajstić information content (AvgIpc) is 4.01. The number of alkyl carbamates (subject to hydrolysis) is 1. The first-order chi connectivity index (χ1) is 25.7. The van der Waals surface area contributed by atoms with Crippen LogP contribution >= 0.6 is 0 Å². The second-order valence-electron chi connectivity index (χ2n) is 17.2. The zero-order valence-electron chi connectivity index (χ0n) is 31.5. The summed E-state index contributed by atoms with van der Waals surface area (Å²) in [5, 5.41) is 5.08. The highest BCUT2D eigenvalue weighted by atomic mass is 32.2. The number of rotatable bonds is 3. The van der Waals surface area contributed by atoms with Crippen molar-refractivity contribution >= 4 is 39.9 Å². The summed E-state index contributed by atoms with van der Waals surface area (Å²) in [6.45, 7) is 4.98. The minimum atomic E-state index is -3.87. The molecule has 4 heterocycles. The van der Waals surface area contributed by atoms with Crippen molar-refractivity contribution in [3.8, 4) is 0 Å². The number of carbonyl (C=O) groups excluding carboxylic acids is 5. The van der Waals surface area contributed by atoms with E-state index in [1.165, 1.54) is 10.5 Å². The number of amides is 5. The van der Waals surface area contributed by atoms with Gasteiger partial charge in [0.1, 0.15) is 23.7 Å². The van der Waals surface area contributed by atoms with Gasteiger partial charge in [-0.15, -0.1) is 0 Å². The van der Waals surface area contributed by atoms with Crippen molar-refractivity contribution in [1.82, 2.24) is 25.2 Å². The molecule has 5 atom stereocenters. The maximum absolute atomic E-state index is 14.5. The van der Waals surface area contributed by atoms with E-state index in [1.807, 2.05) is 12.1 Å². The number of carbonyl (C=O) groups is 5. The number of fused-ring (bicyclic) bond motifs is 4. The fourth-order valence-electron chi connectivity index (χ4n) is 8.76. The lowest BCUT2D eigenvalue weighted by molar-refractivity contribution is -0.141. The number of aryl methyl sites for hydroxylation is 1. The number of cyclic esters (lactones) is 1. The smallest absolute Gasteiger partial charge is 0.410 e. The molecule has 5 amide bonds. The van der Waals surface area contributed by atoms with Gasteiger partial charge in [0.25, 0.3) is 5.91 Å². The zero-order chi connectivity index (χ0) is 38.3. The molecule has 0 radical (unpaired) electrons. The molecule has 0 unspecified atom stereocenters. The third kappa shape index (κ3) is 8.50. The second-order valence-corrected chi connectivity index (χ2v) is 19.1. The van der Waals surface area contributed by atoms with Crippen molar-refractivity contribution in [2.75, 3.05) is 13.2 Å². The maximum atomic E-state index is 14.5. The number of nitrogens with one attached hydrogen (secondary N) is 3. The highest BCUT2D eigenvalue weighted by Crippen LogP contribution is 2.48. The minimum Gasteiger partial charge on any atom is -0.449 e. The van der Waals surface area contributed by atoms with Gasteiger partial charge in [-0.25, -0.2) is 18.0 Å². The van der Waals surface area contributed by atoms with Crippen molar-refractivity contribution in [3.63, 3.8) is 0 Å². The zero-order valence-corrected chi connectivity index (χ0v) is 32.3.